The van der Waals surface area contributed by atoms with E-state index < -0.39 is 0 Å². The molecule has 9 heteroatoms. The molecule has 0 aliphatic carbocycles. The molecule has 0 radical (unpaired) electrons. The average molecular weight is 428 g/mol. The molecule has 0 N–H and O–H groups in total. The molecule has 0 amide bonds. The van der Waals surface area contributed by atoms with E-state index in [2.05, 4.69) is 37.1 Å². The van der Waals surface area contributed by atoms with E-state index in [1.165, 1.54) is 11.8 Å². The van der Waals surface area contributed by atoms with Crippen LogP contribution >= 0.6 is 0 Å². The summed E-state index contributed by atoms with van der Waals surface area (Å²) in [6.07, 6.45) is 3.28. The molecule has 0 spiro atoms. The summed E-state index contributed by atoms with van der Waals surface area (Å²) in [7, 11) is 0. The molecule has 1 aliphatic heterocycles. The molecule has 1 aliphatic rings. The summed E-state index contributed by atoms with van der Waals surface area (Å²) in [6.45, 7) is 2.98. The maximum absolute atomic E-state index is 11.9. The van der Waals surface area contributed by atoms with Crippen LogP contribution < -0.4 is 9.80 Å². The number of rotatable bonds is 5. The largest absolute Gasteiger partial charge is 0.368 e. The number of nitro groups is 1. The van der Waals surface area contributed by atoms with E-state index in [-0.39, 0.29) is 16.5 Å². The van der Waals surface area contributed by atoms with Crippen LogP contribution in [-0.4, -0.2) is 46.2 Å². The molecule has 2 aromatic carbocycles. The van der Waals surface area contributed by atoms with Gasteiger partial charge in [0.1, 0.15) is 5.69 Å². The van der Waals surface area contributed by atoms with Gasteiger partial charge in [-0.05, 0) is 36.4 Å². The van der Waals surface area contributed by atoms with Gasteiger partial charge in [0, 0.05) is 61.5 Å². The van der Waals surface area contributed by atoms with Crippen molar-refractivity contribution in [3.05, 3.63) is 83.2 Å². The number of nitro benzene ring substituents is 1. The summed E-state index contributed by atoms with van der Waals surface area (Å²) >= 11 is 0. The fourth-order valence-electron chi connectivity index (χ4n) is 3.87. The number of hydrogen-bond acceptors (Lipinski definition) is 8. The van der Waals surface area contributed by atoms with Gasteiger partial charge in [0.05, 0.1) is 4.92 Å². The first-order valence-corrected chi connectivity index (χ1v) is 10.3. The van der Waals surface area contributed by atoms with Gasteiger partial charge < -0.3 is 14.3 Å². The topological polar surface area (TPSA) is 101 Å². The molecule has 3 heterocycles. The molecule has 1 saturated heterocycles. The smallest absolute Gasteiger partial charge is 0.293 e. The van der Waals surface area contributed by atoms with Crippen LogP contribution in [0.2, 0.25) is 0 Å². The zero-order valence-electron chi connectivity index (χ0n) is 17.2. The molecule has 9 nitrogen and oxygen atoms in total. The van der Waals surface area contributed by atoms with Crippen molar-refractivity contribution in [1.82, 2.24) is 15.1 Å². The maximum atomic E-state index is 11.9. The van der Waals surface area contributed by atoms with Crippen molar-refractivity contribution in [3.63, 3.8) is 0 Å². The van der Waals surface area contributed by atoms with Crippen molar-refractivity contribution in [3.8, 4) is 22.8 Å². The first kappa shape index (κ1) is 19.7. The third-order valence-electron chi connectivity index (χ3n) is 5.53. The Morgan fingerprint density at radius 3 is 2.31 bits per heavy atom. The van der Waals surface area contributed by atoms with Gasteiger partial charge in [-0.15, -0.1) is 0 Å². The average Bonchev–Trinajstić information content (AvgIpc) is 3.35. The van der Waals surface area contributed by atoms with Crippen molar-refractivity contribution >= 4 is 17.1 Å². The van der Waals surface area contributed by atoms with Gasteiger partial charge in [-0.1, -0.05) is 23.4 Å². The first-order valence-electron chi connectivity index (χ1n) is 10.3. The predicted octanol–water partition coefficient (Wildman–Crippen LogP) is 4.03. The molecule has 5 rings (SSSR count). The van der Waals surface area contributed by atoms with Gasteiger partial charge in [-0.2, -0.15) is 4.98 Å². The lowest BCUT2D eigenvalue weighted by atomic mass is 10.1. The lowest BCUT2D eigenvalue weighted by Crippen LogP contribution is -2.46. The number of hydrogen-bond donors (Lipinski definition) is 0. The standard InChI is InChI=1S/C23H20N6O3/c30-29(31)21-16-18(23-25-22(26-32-23)17-8-10-24-11-9-17)6-7-20(21)28-14-12-27(13-15-28)19-4-2-1-3-5-19/h1-11,16H,12-15H2. The van der Waals surface area contributed by atoms with Crippen LogP contribution in [0.25, 0.3) is 22.8 Å². The van der Waals surface area contributed by atoms with Crippen LogP contribution in [-0.2, 0) is 0 Å². The second-order valence-corrected chi connectivity index (χ2v) is 7.43. The Balaban J connectivity index is 1.37. The second kappa shape index (κ2) is 8.46. The number of aromatic nitrogens is 3. The third kappa shape index (κ3) is 3.87. The van der Waals surface area contributed by atoms with Crippen molar-refractivity contribution in [1.29, 1.82) is 0 Å². The molecule has 160 valence electrons. The van der Waals surface area contributed by atoms with E-state index in [9.17, 15) is 10.1 Å². The van der Waals surface area contributed by atoms with Gasteiger partial charge in [-0.3, -0.25) is 15.1 Å². The molecule has 0 unspecified atom stereocenters. The lowest BCUT2D eigenvalue weighted by Gasteiger charge is -2.37. The molecule has 4 aromatic rings. The van der Waals surface area contributed by atoms with Crippen LogP contribution in [0.3, 0.4) is 0 Å². The molecule has 32 heavy (non-hydrogen) atoms. The number of nitrogens with zero attached hydrogens (tertiary/aromatic N) is 6. The molecule has 0 saturated carbocycles. The van der Waals surface area contributed by atoms with Gasteiger partial charge in [-0.25, -0.2) is 0 Å². The monoisotopic (exact) mass is 428 g/mol. The molecular weight excluding hydrogens is 408 g/mol. The van der Waals surface area contributed by atoms with E-state index in [1.807, 2.05) is 18.2 Å². The Morgan fingerprint density at radius 1 is 0.875 bits per heavy atom. The summed E-state index contributed by atoms with van der Waals surface area (Å²) in [4.78, 5) is 24.2. The number of pyridine rings is 1. The van der Waals surface area contributed by atoms with Crippen molar-refractivity contribution in [2.24, 2.45) is 0 Å². The van der Waals surface area contributed by atoms with E-state index in [1.54, 1.807) is 36.7 Å². The molecule has 1 fully saturated rings. The third-order valence-corrected chi connectivity index (χ3v) is 5.53. The highest BCUT2D eigenvalue weighted by atomic mass is 16.6. The molecule has 0 bridgehead atoms. The highest BCUT2D eigenvalue weighted by molar-refractivity contribution is 5.72. The van der Waals surface area contributed by atoms with Gasteiger partial charge >= 0.3 is 0 Å². The number of benzene rings is 2. The molecule has 2 aromatic heterocycles. The first-order chi connectivity index (χ1) is 15.7. The van der Waals surface area contributed by atoms with Crippen molar-refractivity contribution in [2.45, 2.75) is 0 Å². The Kier molecular flexibility index (Phi) is 5.20. The maximum Gasteiger partial charge on any atom is 0.293 e. The van der Waals surface area contributed by atoms with Crippen LogP contribution in [0.15, 0.2) is 77.6 Å². The Morgan fingerprint density at radius 2 is 1.59 bits per heavy atom. The number of anilines is 2. The highest BCUT2D eigenvalue weighted by Gasteiger charge is 2.25. The zero-order valence-corrected chi connectivity index (χ0v) is 17.2. The summed E-state index contributed by atoms with van der Waals surface area (Å²) in [6, 6.07) is 18.8. The van der Waals surface area contributed by atoms with E-state index >= 15 is 0 Å². The minimum absolute atomic E-state index is 0.0272. The number of para-hydroxylation sites is 1. The van der Waals surface area contributed by atoms with Gasteiger partial charge in [0.2, 0.25) is 5.82 Å². The van der Waals surface area contributed by atoms with Crippen LogP contribution in [0, 0.1) is 10.1 Å². The number of piperazine rings is 1. The molecule has 0 atom stereocenters. The predicted molar refractivity (Wildman–Crippen MR) is 120 cm³/mol. The van der Waals surface area contributed by atoms with Crippen LogP contribution in [0.4, 0.5) is 17.1 Å². The lowest BCUT2D eigenvalue weighted by molar-refractivity contribution is -0.384. The Hall–Kier alpha value is -4.27. The van der Waals surface area contributed by atoms with Gasteiger partial charge in [0.25, 0.3) is 11.6 Å². The van der Waals surface area contributed by atoms with Crippen LogP contribution in [0.5, 0.6) is 0 Å². The van der Waals surface area contributed by atoms with E-state index in [0.29, 0.717) is 30.2 Å². The minimum atomic E-state index is -0.359. The van der Waals surface area contributed by atoms with E-state index in [4.69, 9.17) is 4.52 Å². The fraction of sp³-hybridized carbons (Fsp3) is 0.174. The summed E-state index contributed by atoms with van der Waals surface area (Å²) < 4.78 is 5.36. The normalized spacial score (nSPS) is 13.9. The quantitative estimate of drug-likeness (QED) is 0.347. The van der Waals surface area contributed by atoms with Crippen molar-refractivity contribution in [2.75, 3.05) is 36.0 Å². The Bertz CT molecular complexity index is 1220. The van der Waals surface area contributed by atoms with Crippen molar-refractivity contribution < 1.29 is 9.45 Å². The summed E-state index contributed by atoms with van der Waals surface area (Å²) in [5.74, 6) is 0.645. The SMILES string of the molecule is O=[N+]([O-])c1cc(-c2nc(-c3ccncc3)no2)ccc1N1CCN(c2ccccc2)CC1. The summed E-state index contributed by atoms with van der Waals surface area (Å²) in [5.41, 5.74) is 3.06. The fourth-order valence-corrected chi connectivity index (χ4v) is 3.87. The highest BCUT2D eigenvalue weighted by Crippen LogP contribution is 2.34. The molecular formula is C23H20N6O3. The van der Waals surface area contributed by atoms with Gasteiger partial charge in [0.15, 0.2) is 0 Å². The summed E-state index contributed by atoms with van der Waals surface area (Å²) in [5, 5.41) is 15.8. The zero-order chi connectivity index (χ0) is 21.9. The van der Waals surface area contributed by atoms with Crippen LogP contribution in [0.1, 0.15) is 0 Å². The van der Waals surface area contributed by atoms with E-state index in [0.717, 1.165) is 18.7 Å². The Labute approximate surface area is 184 Å². The second-order valence-electron chi connectivity index (χ2n) is 7.43. The minimum Gasteiger partial charge on any atom is -0.368 e.